The number of benzene rings is 1. The van der Waals surface area contributed by atoms with Gasteiger partial charge in [0.2, 0.25) is 0 Å². The third-order valence-electron chi connectivity index (χ3n) is 6.16. The molecular formula is C22H21F6N3O4. The standard InChI is InChI=1S/C22H21F6N3O4/c1-9-14(11-4-5-12(18(24)25)15(23)16(11)34-3)17(35-21(9,2)22(26,27)28)20(33)31-10-6-7-30-13(8-10)19(29)32/h4-9,14,17-18H,1-3H3,(H2,29,32)(H,30,31,33)/t9-,14-,17+,21-/m1/s1. The van der Waals surface area contributed by atoms with Crippen LogP contribution in [0.4, 0.5) is 32.0 Å². The second kappa shape index (κ2) is 9.36. The van der Waals surface area contributed by atoms with E-state index in [9.17, 15) is 35.9 Å². The highest BCUT2D eigenvalue weighted by atomic mass is 19.4. The molecule has 1 aliphatic rings. The maximum absolute atomic E-state index is 14.8. The maximum Gasteiger partial charge on any atom is 0.417 e. The van der Waals surface area contributed by atoms with Crippen LogP contribution in [-0.4, -0.2) is 41.8 Å². The fourth-order valence-corrected chi connectivity index (χ4v) is 4.10. The van der Waals surface area contributed by atoms with Crippen molar-refractivity contribution < 1.29 is 45.4 Å². The van der Waals surface area contributed by atoms with Crippen molar-refractivity contribution in [3.63, 3.8) is 0 Å². The number of nitrogens with zero attached hydrogens (tertiary/aromatic N) is 1. The first-order valence-corrected chi connectivity index (χ1v) is 10.2. The first-order chi connectivity index (χ1) is 16.2. The van der Waals surface area contributed by atoms with E-state index in [1.807, 2.05) is 0 Å². The summed E-state index contributed by atoms with van der Waals surface area (Å²) in [6.07, 6.45) is -8.84. The van der Waals surface area contributed by atoms with Crippen LogP contribution in [0.5, 0.6) is 5.75 Å². The molecule has 3 N–H and O–H groups in total. The number of aromatic nitrogens is 1. The second-order valence-electron chi connectivity index (χ2n) is 8.13. The lowest BCUT2D eigenvalue weighted by molar-refractivity contribution is -0.272. The van der Waals surface area contributed by atoms with Crippen LogP contribution in [0.3, 0.4) is 0 Å². The molecule has 7 nitrogen and oxygen atoms in total. The highest BCUT2D eigenvalue weighted by Crippen LogP contribution is 2.55. The zero-order valence-electron chi connectivity index (χ0n) is 18.6. The summed E-state index contributed by atoms with van der Waals surface area (Å²) in [5, 5.41) is 2.34. The Labute approximate surface area is 195 Å². The molecule has 190 valence electrons. The number of nitrogens with two attached hydrogens (primary N) is 1. The molecule has 0 aliphatic carbocycles. The number of anilines is 1. The number of carbonyl (C=O) groups is 2. The van der Waals surface area contributed by atoms with Crippen LogP contribution in [0, 0.1) is 11.7 Å². The third-order valence-corrected chi connectivity index (χ3v) is 6.16. The van der Waals surface area contributed by atoms with Crippen LogP contribution in [0.2, 0.25) is 0 Å². The summed E-state index contributed by atoms with van der Waals surface area (Å²) >= 11 is 0. The first kappa shape index (κ1) is 26.3. The highest BCUT2D eigenvalue weighted by molar-refractivity contribution is 5.97. The fraction of sp³-hybridized carbons (Fsp3) is 0.409. The van der Waals surface area contributed by atoms with Crippen LogP contribution >= 0.6 is 0 Å². The molecule has 3 rings (SSSR count). The second-order valence-corrected chi connectivity index (χ2v) is 8.13. The van der Waals surface area contributed by atoms with E-state index in [1.54, 1.807) is 0 Å². The largest absolute Gasteiger partial charge is 0.493 e. The van der Waals surface area contributed by atoms with E-state index in [2.05, 4.69) is 10.3 Å². The number of nitrogens with one attached hydrogen (secondary N) is 1. The summed E-state index contributed by atoms with van der Waals surface area (Å²) in [4.78, 5) is 28.2. The van der Waals surface area contributed by atoms with Gasteiger partial charge in [-0.25, -0.2) is 13.2 Å². The van der Waals surface area contributed by atoms with Crippen LogP contribution in [0.25, 0.3) is 0 Å². The minimum Gasteiger partial charge on any atom is -0.493 e. The smallest absolute Gasteiger partial charge is 0.417 e. The van der Waals surface area contributed by atoms with Gasteiger partial charge in [-0.2, -0.15) is 13.2 Å². The number of pyridine rings is 1. The Bertz CT molecular complexity index is 1140. The maximum atomic E-state index is 14.8. The topological polar surface area (TPSA) is 104 Å². The van der Waals surface area contributed by atoms with E-state index in [1.165, 1.54) is 6.07 Å². The number of carbonyl (C=O) groups excluding carboxylic acids is 2. The summed E-state index contributed by atoms with van der Waals surface area (Å²) in [5.74, 6) is -7.05. The Kier molecular flexibility index (Phi) is 7.02. The number of rotatable bonds is 6. The minimum atomic E-state index is -4.94. The van der Waals surface area contributed by atoms with Crippen LogP contribution in [0.1, 0.15) is 47.8 Å². The van der Waals surface area contributed by atoms with Gasteiger partial charge in [-0.05, 0) is 25.1 Å². The number of methoxy groups -OCH3 is 1. The molecule has 0 spiro atoms. The van der Waals surface area contributed by atoms with Crippen molar-refractivity contribution in [1.82, 2.24) is 4.98 Å². The van der Waals surface area contributed by atoms with Gasteiger partial charge in [0.25, 0.3) is 18.2 Å². The lowest BCUT2D eigenvalue weighted by atomic mass is 9.76. The van der Waals surface area contributed by atoms with Crippen molar-refractivity contribution in [3.05, 3.63) is 53.1 Å². The Hall–Kier alpha value is -3.35. The molecule has 4 atom stereocenters. The molecule has 1 aliphatic heterocycles. The van der Waals surface area contributed by atoms with Crippen molar-refractivity contribution in [2.24, 2.45) is 11.7 Å². The van der Waals surface area contributed by atoms with E-state index >= 15 is 0 Å². The zero-order chi connectivity index (χ0) is 26.3. The normalized spacial score (nSPS) is 24.5. The molecule has 0 radical (unpaired) electrons. The molecule has 2 amide bonds. The predicted octanol–water partition coefficient (Wildman–Crippen LogP) is 4.34. The van der Waals surface area contributed by atoms with Gasteiger partial charge in [0, 0.05) is 29.3 Å². The molecule has 2 heterocycles. The van der Waals surface area contributed by atoms with Crippen molar-refractivity contribution in [3.8, 4) is 5.75 Å². The lowest BCUT2D eigenvalue weighted by Crippen LogP contribution is -2.47. The minimum absolute atomic E-state index is 0.0133. The van der Waals surface area contributed by atoms with Crippen LogP contribution in [-0.2, 0) is 9.53 Å². The van der Waals surface area contributed by atoms with Crippen molar-refractivity contribution in [2.45, 2.75) is 44.1 Å². The molecule has 0 saturated carbocycles. The van der Waals surface area contributed by atoms with E-state index < -0.39 is 65.1 Å². The van der Waals surface area contributed by atoms with Gasteiger partial charge < -0.3 is 20.5 Å². The Balaban J connectivity index is 2.10. The molecule has 0 bridgehead atoms. The van der Waals surface area contributed by atoms with E-state index in [-0.39, 0.29) is 16.9 Å². The van der Waals surface area contributed by atoms with Crippen molar-refractivity contribution in [2.75, 3.05) is 12.4 Å². The summed E-state index contributed by atoms with van der Waals surface area (Å²) in [7, 11) is 0.970. The monoisotopic (exact) mass is 505 g/mol. The molecule has 1 saturated heterocycles. The summed E-state index contributed by atoms with van der Waals surface area (Å²) in [6, 6.07) is 4.09. The zero-order valence-corrected chi connectivity index (χ0v) is 18.6. The Morgan fingerprint density at radius 1 is 1.26 bits per heavy atom. The number of hydrogen-bond acceptors (Lipinski definition) is 5. The molecule has 13 heteroatoms. The molecule has 35 heavy (non-hydrogen) atoms. The van der Waals surface area contributed by atoms with Crippen LogP contribution < -0.4 is 15.8 Å². The van der Waals surface area contributed by atoms with Gasteiger partial charge in [-0.1, -0.05) is 13.0 Å². The quantitative estimate of drug-likeness (QED) is 0.569. The van der Waals surface area contributed by atoms with Gasteiger partial charge >= 0.3 is 6.18 Å². The van der Waals surface area contributed by atoms with Gasteiger partial charge in [0.15, 0.2) is 17.2 Å². The molecule has 2 aromatic rings. The van der Waals surface area contributed by atoms with Gasteiger partial charge in [-0.15, -0.1) is 0 Å². The number of ether oxygens (including phenoxy) is 2. The highest BCUT2D eigenvalue weighted by Gasteiger charge is 2.65. The fourth-order valence-electron chi connectivity index (χ4n) is 4.10. The van der Waals surface area contributed by atoms with Crippen molar-refractivity contribution >= 4 is 17.5 Å². The van der Waals surface area contributed by atoms with Crippen LogP contribution in [0.15, 0.2) is 30.5 Å². The van der Waals surface area contributed by atoms with E-state index in [0.717, 1.165) is 45.4 Å². The Morgan fingerprint density at radius 3 is 2.46 bits per heavy atom. The van der Waals surface area contributed by atoms with Crippen molar-refractivity contribution in [1.29, 1.82) is 0 Å². The SMILES string of the molecule is COc1c([C@@H]2[C@@H](C(=O)Nc3ccnc(C(N)=O)c3)O[C@@](C)(C(F)(F)F)[C@@H]2C)ccc(C(F)F)c1F. The summed E-state index contributed by atoms with van der Waals surface area (Å²) in [6.45, 7) is 1.90. The van der Waals surface area contributed by atoms with Gasteiger partial charge in [0.05, 0.1) is 12.7 Å². The van der Waals surface area contributed by atoms with Gasteiger partial charge in [0.1, 0.15) is 11.8 Å². The average molecular weight is 505 g/mol. The number of primary amides is 1. The average Bonchev–Trinajstić information content (AvgIpc) is 3.05. The molecule has 1 aromatic heterocycles. The predicted molar refractivity (Wildman–Crippen MR) is 111 cm³/mol. The number of alkyl halides is 5. The molecular weight excluding hydrogens is 484 g/mol. The summed E-state index contributed by atoms with van der Waals surface area (Å²) in [5.41, 5.74) is 0.816. The first-order valence-electron chi connectivity index (χ1n) is 10.2. The summed E-state index contributed by atoms with van der Waals surface area (Å²) < 4.78 is 93.3. The number of halogens is 6. The lowest BCUT2D eigenvalue weighted by Gasteiger charge is -2.32. The van der Waals surface area contributed by atoms with E-state index in [4.69, 9.17) is 15.2 Å². The number of hydrogen-bond donors (Lipinski definition) is 2. The molecule has 1 aromatic carbocycles. The molecule has 1 fully saturated rings. The third kappa shape index (κ3) is 4.64. The Morgan fingerprint density at radius 2 is 1.91 bits per heavy atom. The van der Waals surface area contributed by atoms with E-state index in [0.29, 0.717) is 0 Å². The molecule has 0 unspecified atom stereocenters. The van der Waals surface area contributed by atoms with Gasteiger partial charge in [-0.3, -0.25) is 14.6 Å². The number of amides is 2.